The minimum Gasteiger partial charge on any atom is -0.388 e. The SMILES string of the molecule is CC(C)c1ccc(S(=O)(=O)OCC(C)(C)O)cc1. The molecule has 102 valence electrons. The molecule has 1 rings (SSSR count). The molecule has 5 heteroatoms. The van der Waals surface area contributed by atoms with Crippen LogP contribution >= 0.6 is 0 Å². The van der Waals surface area contributed by atoms with Gasteiger partial charge in [-0.3, -0.25) is 4.18 Å². The molecule has 0 amide bonds. The van der Waals surface area contributed by atoms with Gasteiger partial charge in [-0.15, -0.1) is 0 Å². The molecule has 1 aromatic rings. The van der Waals surface area contributed by atoms with Crippen molar-refractivity contribution in [2.24, 2.45) is 0 Å². The third-order valence-corrected chi connectivity index (χ3v) is 3.68. The summed E-state index contributed by atoms with van der Waals surface area (Å²) in [6, 6.07) is 6.58. The summed E-state index contributed by atoms with van der Waals surface area (Å²) in [5.41, 5.74) is -0.110. The van der Waals surface area contributed by atoms with Gasteiger partial charge in [0.05, 0.1) is 17.1 Å². The molecule has 0 aliphatic carbocycles. The Morgan fingerprint density at radius 1 is 1.22 bits per heavy atom. The maximum absolute atomic E-state index is 11.8. The topological polar surface area (TPSA) is 63.6 Å². The summed E-state index contributed by atoms with van der Waals surface area (Å²) in [4.78, 5) is 0.108. The minimum absolute atomic E-state index is 0.108. The predicted molar refractivity (Wildman–Crippen MR) is 70.0 cm³/mol. The lowest BCUT2D eigenvalue weighted by Crippen LogP contribution is -2.28. The van der Waals surface area contributed by atoms with Crippen LogP contribution < -0.4 is 0 Å². The molecule has 1 aromatic carbocycles. The van der Waals surface area contributed by atoms with Crippen molar-refractivity contribution < 1.29 is 17.7 Å². The summed E-state index contributed by atoms with van der Waals surface area (Å²) in [6.07, 6.45) is 0. The van der Waals surface area contributed by atoms with Gasteiger partial charge in [-0.25, -0.2) is 0 Å². The molecule has 0 aliphatic heterocycles. The summed E-state index contributed by atoms with van der Waals surface area (Å²) in [5.74, 6) is 0.346. The summed E-state index contributed by atoms with van der Waals surface area (Å²) >= 11 is 0. The number of hydrogen-bond acceptors (Lipinski definition) is 4. The van der Waals surface area contributed by atoms with Crippen LogP contribution in [-0.4, -0.2) is 25.7 Å². The van der Waals surface area contributed by atoms with Crippen molar-refractivity contribution in [1.82, 2.24) is 0 Å². The molecular weight excluding hydrogens is 252 g/mol. The number of hydrogen-bond donors (Lipinski definition) is 1. The Labute approximate surface area is 109 Å². The average Bonchev–Trinajstić information content (AvgIpc) is 2.26. The first kappa shape index (κ1) is 15.1. The summed E-state index contributed by atoms with van der Waals surface area (Å²) in [6.45, 7) is 6.79. The first-order valence-electron chi connectivity index (χ1n) is 5.83. The Balaban J connectivity index is 2.86. The zero-order valence-electron chi connectivity index (χ0n) is 11.2. The maximum atomic E-state index is 11.8. The monoisotopic (exact) mass is 272 g/mol. The Kier molecular flexibility index (Phi) is 4.53. The van der Waals surface area contributed by atoms with Crippen LogP contribution in [0.25, 0.3) is 0 Å². The molecule has 0 unspecified atom stereocenters. The molecule has 4 nitrogen and oxygen atoms in total. The van der Waals surface area contributed by atoms with E-state index in [0.717, 1.165) is 5.56 Å². The van der Waals surface area contributed by atoms with Crippen LogP contribution in [0.15, 0.2) is 29.2 Å². The lowest BCUT2D eigenvalue weighted by molar-refractivity contribution is 0.0307. The van der Waals surface area contributed by atoms with Crippen LogP contribution in [0.2, 0.25) is 0 Å². The Hall–Kier alpha value is -0.910. The largest absolute Gasteiger partial charge is 0.388 e. The molecule has 1 N–H and O–H groups in total. The van der Waals surface area contributed by atoms with E-state index in [1.165, 1.54) is 26.0 Å². The van der Waals surface area contributed by atoms with E-state index < -0.39 is 15.7 Å². The molecule has 18 heavy (non-hydrogen) atoms. The molecule has 0 fully saturated rings. The van der Waals surface area contributed by atoms with E-state index >= 15 is 0 Å². The molecule has 0 spiro atoms. The van der Waals surface area contributed by atoms with Gasteiger partial charge in [-0.1, -0.05) is 26.0 Å². The highest BCUT2D eigenvalue weighted by Gasteiger charge is 2.21. The first-order valence-corrected chi connectivity index (χ1v) is 7.24. The highest BCUT2D eigenvalue weighted by Crippen LogP contribution is 2.19. The summed E-state index contributed by atoms with van der Waals surface area (Å²) in [5, 5.41) is 9.46. The smallest absolute Gasteiger partial charge is 0.297 e. The van der Waals surface area contributed by atoms with Crippen LogP contribution in [0.3, 0.4) is 0 Å². The number of rotatable bonds is 5. The van der Waals surface area contributed by atoms with Gasteiger partial charge in [0.25, 0.3) is 10.1 Å². The normalized spacial score (nSPS) is 13.0. The molecule has 0 heterocycles. The highest BCUT2D eigenvalue weighted by atomic mass is 32.2. The van der Waals surface area contributed by atoms with Crippen LogP contribution in [0.1, 0.15) is 39.2 Å². The zero-order valence-corrected chi connectivity index (χ0v) is 12.0. The van der Waals surface area contributed by atoms with E-state index in [1.807, 2.05) is 13.8 Å². The zero-order chi connectivity index (χ0) is 14.0. The van der Waals surface area contributed by atoms with E-state index in [-0.39, 0.29) is 11.5 Å². The van der Waals surface area contributed by atoms with Crippen molar-refractivity contribution in [3.8, 4) is 0 Å². The van der Waals surface area contributed by atoms with Crippen molar-refractivity contribution in [1.29, 1.82) is 0 Å². The van der Waals surface area contributed by atoms with Gasteiger partial charge in [0.15, 0.2) is 0 Å². The van der Waals surface area contributed by atoms with Crippen molar-refractivity contribution in [3.63, 3.8) is 0 Å². The molecule has 0 atom stereocenters. The van der Waals surface area contributed by atoms with Crippen molar-refractivity contribution in [3.05, 3.63) is 29.8 Å². The predicted octanol–water partition coefficient (Wildman–Crippen LogP) is 2.29. The second kappa shape index (κ2) is 5.38. The highest BCUT2D eigenvalue weighted by molar-refractivity contribution is 7.86. The number of benzene rings is 1. The van der Waals surface area contributed by atoms with Gasteiger partial charge in [0.2, 0.25) is 0 Å². The van der Waals surface area contributed by atoms with E-state index in [1.54, 1.807) is 12.1 Å². The fraction of sp³-hybridized carbons (Fsp3) is 0.538. The quantitative estimate of drug-likeness (QED) is 0.835. The van der Waals surface area contributed by atoms with Crippen molar-refractivity contribution >= 4 is 10.1 Å². The molecule has 0 aliphatic rings. The molecule has 0 saturated carbocycles. The van der Waals surface area contributed by atoms with E-state index in [9.17, 15) is 13.5 Å². The minimum atomic E-state index is -3.80. The van der Waals surface area contributed by atoms with Gasteiger partial charge in [-0.2, -0.15) is 8.42 Å². The molecule has 0 radical (unpaired) electrons. The number of aliphatic hydroxyl groups is 1. The molecule has 0 aromatic heterocycles. The van der Waals surface area contributed by atoms with Crippen LogP contribution in [0.5, 0.6) is 0 Å². The van der Waals surface area contributed by atoms with E-state index in [2.05, 4.69) is 0 Å². The van der Waals surface area contributed by atoms with Crippen molar-refractivity contribution in [2.45, 2.75) is 44.1 Å². The average molecular weight is 272 g/mol. The third kappa shape index (κ3) is 4.40. The summed E-state index contributed by atoms with van der Waals surface area (Å²) < 4.78 is 28.5. The van der Waals surface area contributed by atoms with E-state index in [4.69, 9.17) is 4.18 Å². The second-order valence-corrected chi connectivity index (χ2v) is 6.87. The molecule has 0 saturated heterocycles. The van der Waals surface area contributed by atoms with Gasteiger partial charge in [0.1, 0.15) is 0 Å². The Morgan fingerprint density at radius 3 is 2.11 bits per heavy atom. The Morgan fingerprint density at radius 2 is 1.72 bits per heavy atom. The van der Waals surface area contributed by atoms with Crippen LogP contribution in [0, 0.1) is 0 Å². The maximum Gasteiger partial charge on any atom is 0.297 e. The van der Waals surface area contributed by atoms with Gasteiger partial charge in [-0.05, 0) is 37.5 Å². The van der Waals surface area contributed by atoms with Gasteiger partial charge in [0, 0.05) is 0 Å². The lowest BCUT2D eigenvalue weighted by atomic mass is 10.0. The van der Waals surface area contributed by atoms with Gasteiger partial charge >= 0.3 is 0 Å². The standard InChI is InChI=1S/C13H20O4S/c1-10(2)11-5-7-12(8-6-11)18(15,16)17-9-13(3,4)14/h5-8,10,14H,9H2,1-4H3. The molecular formula is C13H20O4S. The van der Waals surface area contributed by atoms with Crippen LogP contribution in [-0.2, 0) is 14.3 Å². The van der Waals surface area contributed by atoms with Crippen LogP contribution in [0.4, 0.5) is 0 Å². The van der Waals surface area contributed by atoms with Crippen molar-refractivity contribution in [2.75, 3.05) is 6.61 Å². The first-order chi connectivity index (χ1) is 8.12. The second-order valence-electron chi connectivity index (χ2n) is 5.25. The fourth-order valence-corrected chi connectivity index (χ4v) is 2.36. The fourth-order valence-electron chi connectivity index (χ4n) is 1.31. The van der Waals surface area contributed by atoms with Gasteiger partial charge < -0.3 is 5.11 Å². The summed E-state index contributed by atoms with van der Waals surface area (Å²) in [7, 11) is -3.80. The molecule has 0 bridgehead atoms. The van der Waals surface area contributed by atoms with E-state index in [0.29, 0.717) is 5.92 Å². The third-order valence-electron chi connectivity index (χ3n) is 2.40. The lowest BCUT2D eigenvalue weighted by Gasteiger charge is -2.16. The Bertz CT molecular complexity index is 481.